The summed E-state index contributed by atoms with van der Waals surface area (Å²) in [6.45, 7) is 2.03. The number of benzene rings is 2. The van der Waals surface area contributed by atoms with Gasteiger partial charge in [-0.25, -0.2) is 4.98 Å². The molecule has 0 radical (unpaired) electrons. The molecule has 0 atom stereocenters. The average molecular weight is 400 g/mol. The van der Waals surface area contributed by atoms with Crippen LogP contribution in [0.2, 0.25) is 5.15 Å². The van der Waals surface area contributed by atoms with Crippen molar-refractivity contribution >= 4 is 38.4 Å². The van der Waals surface area contributed by atoms with Gasteiger partial charge in [0.25, 0.3) is 0 Å². The molecule has 0 bridgehead atoms. The number of aromatic nitrogens is 2. The van der Waals surface area contributed by atoms with Crippen molar-refractivity contribution in [1.82, 2.24) is 10.1 Å². The molecule has 0 saturated carbocycles. The van der Waals surface area contributed by atoms with Gasteiger partial charge in [-0.05, 0) is 36.8 Å². The molecule has 2 aromatic carbocycles. The van der Waals surface area contributed by atoms with Crippen molar-refractivity contribution in [2.75, 3.05) is 0 Å². The number of fused-ring (bicyclic) bond motifs is 1. The van der Waals surface area contributed by atoms with Gasteiger partial charge in [-0.2, -0.15) is 0 Å². The van der Waals surface area contributed by atoms with Gasteiger partial charge >= 0.3 is 0 Å². The van der Waals surface area contributed by atoms with Crippen LogP contribution in [-0.2, 0) is 0 Å². The molecule has 0 aliphatic carbocycles. The Labute approximate surface area is 152 Å². The van der Waals surface area contributed by atoms with Gasteiger partial charge in [-0.15, -0.1) is 0 Å². The Balaban J connectivity index is 1.79. The fraction of sp³-hybridized carbons (Fsp3) is 0.0526. The number of hydrogen-bond acceptors (Lipinski definition) is 3. The van der Waals surface area contributed by atoms with Crippen LogP contribution in [-0.4, -0.2) is 10.1 Å². The SMILES string of the molecule is Cc1ccc2cc(-c3cc(-c4ccc(Br)cc4)no3)c(Cl)nc2c1. The maximum atomic E-state index is 6.36. The van der Waals surface area contributed by atoms with E-state index in [4.69, 9.17) is 16.1 Å². The van der Waals surface area contributed by atoms with Gasteiger partial charge < -0.3 is 4.52 Å². The molecule has 0 spiro atoms. The van der Waals surface area contributed by atoms with E-state index in [2.05, 4.69) is 32.1 Å². The van der Waals surface area contributed by atoms with Crippen LogP contribution in [0.3, 0.4) is 0 Å². The van der Waals surface area contributed by atoms with Gasteiger partial charge in [0.1, 0.15) is 10.8 Å². The molecule has 0 unspecified atom stereocenters. The second-order valence-corrected chi connectivity index (χ2v) is 6.88. The summed E-state index contributed by atoms with van der Waals surface area (Å²) in [6, 6.07) is 17.9. The van der Waals surface area contributed by atoms with Crippen LogP contribution < -0.4 is 0 Å². The van der Waals surface area contributed by atoms with Gasteiger partial charge in [0, 0.05) is 21.5 Å². The molecule has 0 saturated heterocycles. The third-order valence-electron chi connectivity index (χ3n) is 3.84. The summed E-state index contributed by atoms with van der Waals surface area (Å²) in [5, 5.41) is 5.58. The van der Waals surface area contributed by atoms with Gasteiger partial charge in [0.05, 0.1) is 11.1 Å². The third kappa shape index (κ3) is 2.83. The molecule has 4 rings (SSSR count). The monoisotopic (exact) mass is 398 g/mol. The summed E-state index contributed by atoms with van der Waals surface area (Å²) >= 11 is 9.79. The Morgan fingerprint density at radius 3 is 2.58 bits per heavy atom. The largest absolute Gasteiger partial charge is 0.356 e. The van der Waals surface area contributed by atoms with Crippen LogP contribution in [0.25, 0.3) is 33.5 Å². The first-order valence-electron chi connectivity index (χ1n) is 7.40. The Kier molecular flexibility index (Phi) is 3.87. The number of nitrogens with zero attached hydrogens (tertiary/aromatic N) is 2. The van der Waals surface area contributed by atoms with Crippen molar-refractivity contribution in [3.8, 4) is 22.6 Å². The molecular weight excluding hydrogens is 388 g/mol. The summed E-state index contributed by atoms with van der Waals surface area (Å²) in [6.07, 6.45) is 0. The quantitative estimate of drug-likeness (QED) is 0.372. The van der Waals surface area contributed by atoms with E-state index in [1.54, 1.807) is 0 Å². The van der Waals surface area contributed by atoms with E-state index in [-0.39, 0.29) is 0 Å². The van der Waals surface area contributed by atoms with Crippen LogP contribution in [0.4, 0.5) is 0 Å². The normalized spacial score (nSPS) is 11.1. The summed E-state index contributed by atoms with van der Waals surface area (Å²) in [4.78, 5) is 4.48. The van der Waals surface area contributed by atoms with Gasteiger partial charge in [0.15, 0.2) is 5.76 Å². The molecule has 24 heavy (non-hydrogen) atoms. The summed E-state index contributed by atoms with van der Waals surface area (Å²) in [7, 11) is 0. The van der Waals surface area contributed by atoms with Crippen molar-refractivity contribution in [3.05, 3.63) is 69.8 Å². The van der Waals surface area contributed by atoms with Crippen LogP contribution in [0.1, 0.15) is 5.56 Å². The fourth-order valence-electron chi connectivity index (χ4n) is 2.59. The molecule has 0 amide bonds. The topological polar surface area (TPSA) is 38.9 Å². The van der Waals surface area contributed by atoms with E-state index < -0.39 is 0 Å². The molecule has 0 fully saturated rings. The highest BCUT2D eigenvalue weighted by molar-refractivity contribution is 9.10. The summed E-state index contributed by atoms with van der Waals surface area (Å²) < 4.78 is 6.52. The highest BCUT2D eigenvalue weighted by Crippen LogP contribution is 2.33. The number of halogens is 2. The second kappa shape index (κ2) is 6.04. The molecule has 2 aromatic heterocycles. The van der Waals surface area contributed by atoms with Gasteiger partial charge in [-0.3, -0.25) is 0 Å². The molecule has 0 aliphatic rings. The van der Waals surface area contributed by atoms with E-state index in [1.165, 1.54) is 0 Å². The standard InChI is InChI=1S/C19H12BrClN2O/c1-11-2-3-13-9-15(19(21)22-16(13)8-11)18-10-17(23-24-18)12-4-6-14(20)7-5-12/h2-10H,1H3. The molecule has 4 aromatic rings. The van der Waals surface area contributed by atoms with E-state index in [0.717, 1.165) is 37.8 Å². The summed E-state index contributed by atoms with van der Waals surface area (Å²) in [5.74, 6) is 0.605. The Morgan fingerprint density at radius 1 is 1.00 bits per heavy atom. The lowest BCUT2D eigenvalue weighted by Crippen LogP contribution is -1.86. The summed E-state index contributed by atoms with van der Waals surface area (Å²) in [5.41, 5.74) is 4.50. The molecule has 3 nitrogen and oxygen atoms in total. The Bertz CT molecular complexity index is 1040. The van der Waals surface area contributed by atoms with Gasteiger partial charge in [-0.1, -0.05) is 57.0 Å². The average Bonchev–Trinajstić information content (AvgIpc) is 3.04. The highest BCUT2D eigenvalue weighted by Gasteiger charge is 2.14. The van der Waals surface area contributed by atoms with E-state index in [9.17, 15) is 0 Å². The second-order valence-electron chi connectivity index (χ2n) is 5.61. The fourth-order valence-corrected chi connectivity index (χ4v) is 3.09. The van der Waals surface area contributed by atoms with E-state index >= 15 is 0 Å². The Morgan fingerprint density at radius 2 is 1.79 bits per heavy atom. The predicted octanol–water partition coefficient (Wildman–Crippen LogP) is 6.28. The smallest absolute Gasteiger partial charge is 0.170 e. The van der Waals surface area contributed by atoms with Gasteiger partial charge in [0.2, 0.25) is 0 Å². The van der Waals surface area contributed by atoms with E-state index in [0.29, 0.717) is 10.9 Å². The lowest BCUT2D eigenvalue weighted by molar-refractivity contribution is 0.435. The third-order valence-corrected chi connectivity index (χ3v) is 4.66. The van der Waals surface area contributed by atoms with Crippen molar-refractivity contribution in [2.24, 2.45) is 0 Å². The number of hydrogen-bond donors (Lipinski definition) is 0. The van der Waals surface area contributed by atoms with Crippen LogP contribution in [0.5, 0.6) is 0 Å². The number of pyridine rings is 1. The van der Waals surface area contributed by atoms with Crippen LogP contribution >= 0.6 is 27.5 Å². The Hall–Kier alpha value is -2.17. The minimum Gasteiger partial charge on any atom is -0.356 e. The van der Waals surface area contributed by atoms with Crippen molar-refractivity contribution in [3.63, 3.8) is 0 Å². The minimum absolute atomic E-state index is 0.409. The highest BCUT2D eigenvalue weighted by atomic mass is 79.9. The van der Waals surface area contributed by atoms with E-state index in [1.807, 2.05) is 55.5 Å². The molecule has 0 aliphatic heterocycles. The molecule has 0 N–H and O–H groups in total. The number of aryl methyl sites for hydroxylation is 1. The molecule has 2 heterocycles. The van der Waals surface area contributed by atoms with Crippen LogP contribution in [0, 0.1) is 6.92 Å². The molecular formula is C19H12BrClN2O. The first-order chi connectivity index (χ1) is 11.6. The zero-order valence-corrected chi connectivity index (χ0v) is 15.1. The first kappa shape index (κ1) is 15.4. The zero-order valence-electron chi connectivity index (χ0n) is 12.8. The zero-order chi connectivity index (χ0) is 16.7. The lowest BCUT2D eigenvalue weighted by atomic mass is 10.1. The van der Waals surface area contributed by atoms with Crippen molar-refractivity contribution < 1.29 is 4.52 Å². The number of rotatable bonds is 2. The lowest BCUT2D eigenvalue weighted by Gasteiger charge is -2.03. The van der Waals surface area contributed by atoms with Crippen molar-refractivity contribution in [1.29, 1.82) is 0 Å². The molecule has 118 valence electrons. The first-order valence-corrected chi connectivity index (χ1v) is 8.57. The molecule has 5 heteroatoms. The maximum absolute atomic E-state index is 6.36. The predicted molar refractivity (Wildman–Crippen MR) is 100 cm³/mol. The minimum atomic E-state index is 0.409. The maximum Gasteiger partial charge on any atom is 0.170 e. The van der Waals surface area contributed by atoms with Crippen LogP contribution in [0.15, 0.2) is 63.6 Å². The van der Waals surface area contributed by atoms with Crippen molar-refractivity contribution in [2.45, 2.75) is 6.92 Å².